The summed E-state index contributed by atoms with van der Waals surface area (Å²) in [5, 5.41) is 5.53. The lowest BCUT2D eigenvalue weighted by Crippen LogP contribution is -2.32. The Bertz CT molecular complexity index is 460. The SMILES string of the molecule is CCCCN(C)C(=O)Nc1cccc(C(=O)NCC)c1. The Labute approximate surface area is 120 Å². The fourth-order valence-electron chi connectivity index (χ4n) is 1.72. The summed E-state index contributed by atoms with van der Waals surface area (Å²) in [6.45, 7) is 5.25. The molecule has 1 aromatic rings. The molecule has 0 saturated carbocycles. The lowest BCUT2D eigenvalue weighted by molar-refractivity contribution is 0.0956. The van der Waals surface area contributed by atoms with E-state index in [0.29, 0.717) is 17.8 Å². The predicted octanol–water partition coefficient (Wildman–Crippen LogP) is 2.70. The summed E-state index contributed by atoms with van der Waals surface area (Å²) < 4.78 is 0. The number of unbranched alkanes of at least 4 members (excludes halogenated alkanes) is 1. The number of anilines is 1. The minimum atomic E-state index is -0.161. The highest BCUT2D eigenvalue weighted by molar-refractivity contribution is 5.96. The fourth-order valence-corrected chi connectivity index (χ4v) is 1.72. The normalized spacial score (nSPS) is 9.95. The zero-order valence-electron chi connectivity index (χ0n) is 12.4. The molecule has 0 fully saturated rings. The van der Waals surface area contributed by atoms with Crippen molar-refractivity contribution in [2.75, 3.05) is 25.5 Å². The van der Waals surface area contributed by atoms with Crippen molar-refractivity contribution in [1.29, 1.82) is 0 Å². The molecular weight excluding hydrogens is 254 g/mol. The number of hydrogen-bond acceptors (Lipinski definition) is 2. The maximum atomic E-state index is 11.9. The van der Waals surface area contributed by atoms with E-state index in [1.165, 1.54) is 0 Å². The number of carbonyl (C=O) groups is 2. The summed E-state index contributed by atoms with van der Waals surface area (Å²) in [6, 6.07) is 6.77. The van der Waals surface area contributed by atoms with Crippen LogP contribution in [0.1, 0.15) is 37.0 Å². The zero-order valence-corrected chi connectivity index (χ0v) is 12.4. The molecule has 0 atom stereocenters. The van der Waals surface area contributed by atoms with Crippen LogP contribution in [0.25, 0.3) is 0 Å². The third-order valence-corrected chi connectivity index (χ3v) is 2.91. The van der Waals surface area contributed by atoms with Gasteiger partial charge in [-0.1, -0.05) is 19.4 Å². The number of rotatable bonds is 6. The second-order valence-electron chi connectivity index (χ2n) is 4.65. The molecule has 0 aliphatic carbocycles. The molecule has 0 saturated heterocycles. The standard InChI is InChI=1S/C15H23N3O2/c1-4-6-10-18(3)15(20)17-13-9-7-8-12(11-13)14(19)16-5-2/h7-9,11H,4-6,10H2,1-3H3,(H,16,19)(H,17,20). The lowest BCUT2D eigenvalue weighted by Gasteiger charge is -2.17. The van der Waals surface area contributed by atoms with Crippen LogP contribution < -0.4 is 10.6 Å². The summed E-state index contributed by atoms with van der Waals surface area (Å²) >= 11 is 0. The minimum absolute atomic E-state index is 0.136. The number of carbonyl (C=O) groups excluding carboxylic acids is 2. The quantitative estimate of drug-likeness (QED) is 0.839. The highest BCUT2D eigenvalue weighted by Crippen LogP contribution is 2.11. The molecule has 3 amide bonds. The van der Waals surface area contributed by atoms with Gasteiger partial charge in [0.1, 0.15) is 0 Å². The Balaban J connectivity index is 2.66. The van der Waals surface area contributed by atoms with Crippen LogP contribution in [-0.4, -0.2) is 37.0 Å². The summed E-state index contributed by atoms with van der Waals surface area (Å²) in [6.07, 6.45) is 2.02. The Morgan fingerprint density at radius 3 is 2.65 bits per heavy atom. The molecule has 0 spiro atoms. The van der Waals surface area contributed by atoms with Gasteiger partial charge in [0.05, 0.1) is 0 Å². The largest absolute Gasteiger partial charge is 0.352 e. The third kappa shape index (κ3) is 4.91. The van der Waals surface area contributed by atoms with E-state index in [1.54, 1.807) is 36.2 Å². The van der Waals surface area contributed by atoms with E-state index in [1.807, 2.05) is 6.92 Å². The predicted molar refractivity (Wildman–Crippen MR) is 81.0 cm³/mol. The molecule has 2 N–H and O–H groups in total. The van der Waals surface area contributed by atoms with Gasteiger partial charge >= 0.3 is 6.03 Å². The summed E-state index contributed by atoms with van der Waals surface area (Å²) in [5.74, 6) is -0.136. The van der Waals surface area contributed by atoms with Gasteiger partial charge in [-0.2, -0.15) is 0 Å². The number of urea groups is 1. The van der Waals surface area contributed by atoms with Crippen LogP contribution in [-0.2, 0) is 0 Å². The average Bonchev–Trinajstić information content (AvgIpc) is 2.45. The van der Waals surface area contributed by atoms with Gasteiger partial charge in [-0.15, -0.1) is 0 Å². The number of nitrogens with zero attached hydrogens (tertiary/aromatic N) is 1. The van der Waals surface area contributed by atoms with E-state index in [4.69, 9.17) is 0 Å². The molecule has 1 rings (SSSR count). The van der Waals surface area contributed by atoms with Crippen LogP contribution in [0.2, 0.25) is 0 Å². The number of amides is 3. The molecule has 5 nitrogen and oxygen atoms in total. The maximum Gasteiger partial charge on any atom is 0.321 e. The first-order valence-corrected chi connectivity index (χ1v) is 6.98. The van der Waals surface area contributed by atoms with Crippen molar-refractivity contribution < 1.29 is 9.59 Å². The molecule has 0 heterocycles. The molecule has 0 aliphatic heterocycles. The van der Waals surface area contributed by atoms with E-state index < -0.39 is 0 Å². The van der Waals surface area contributed by atoms with Crippen molar-refractivity contribution in [2.24, 2.45) is 0 Å². The van der Waals surface area contributed by atoms with Crippen LogP contribution >= 0.6 is 0 Å². The summed E-state index contributed by atoms with van der Waals surface area (Å²) in [4.78, 5) is 25.3. The van der Waals surface area contributed by atoms with E-state index in [9.17, 15) is 9.59 Å². The molecule has 0 radical (unpaired) electrons. The van der Waals surface area contributed by atoms with Crippen molar-refractivity contribution in [3.05, 3.63) is 29.8 Å². The minimum Gasteiger partial charge on any atom is -0.352 e. The molecule has 110 valence electrons. The van der Waals surface area contributed by atoms with E-state index >= 15 is 0 Å². The van der Waals surface area contributed by atoms with Crippen LogP contribution in [0, 0.1) is 0 Å². The molecule has 0 unspecified atom stereocenters. The average molecular weight is 277 g/mol. The van der Waals surface area contributed by atoms with Gasteiger partial charge in [0.25, 0.3) is 5.91 Å². The van der Waals surface area contributed by atoms with Gasteiger partial charge in [0, 0.05) is 31.4 Å². The molecular formula is C15H23N3O2. The molecule has 0 bridgehead atoms. The van der Waals surface area contributed by atoms with Gasteiger partial charge in [0.2, 0.25) is 0 Å². The van der Waals surface area contributed by atoms with E-state index in [0.717, 1.165) is 19.4 Å². The summed E-state index contributed by atoms with van der Waals surface area (Å²) in [5.41, 5.74) is 1.17. The summed E-state index contributed by atoms with van der Waals surface area (Å²) in [7, 11) is 1.76. The van der Waals surface area contributed by atoms with Crippen molar-refractivity contribution >= 4 is 17.6 Å². The van der Waals surface area contributed by atoms with Crippen LogP contribution in [0.5, 0.6) is 0 Å². The second kappa shape index (κ2) is 8.19. The third-order valence-electron chi connectivity index (χ3n) is 2.91. The van der Waals surface area contributed by atoms with Gasteiger partial charge in [0.15, 0.2) is 0 Å². The van der Waals surface area contributed by atoms with E-state index in [2.05, 4.69) is 17.6 Å². The lowest BCUT2D eigenvalue weighted by atomic mass is 10.2. The van der Waals surface area contributed by atoms with Crippen LogP contribution in [0.15, 0.2) is 24.3 Å². The molecule has 0 aliphatic rings. The first-order chi connectivity index (χ1) is 9.58. The number of benzene rings is 1. The van der Waals surface area contributed by atoms with Crippen molar-refractivity contribution in [3.63, 3.8) is 0 Å². The van der Waals surface area contributed by atoms with Crippen molar-refractivity contribution in [1.82, 2.24) is 10.2 Å². The van der Waals surface area contributed by atoms with Gasteiger partial charge in [-0.05, 0) is 31.5 Å². The smallest absolute Gasteiger partial charge is 0.321 e. The maximum absolute atomic E-state index is 11.9. The highest BCUT2D eigenvalue weighted by atomic mass is 16.2. The first kappa shape index (κ1) is 16.0. The van der Waals surface area contributed by atoms with Gasteiger partial charge < -0.3 is 15.5 Å². The molecule has 1 aromatic carbocycles. The Kier molecular flexibility index (Phi) is 6.56. The van der Waals surface area contributed by atoms with Crippen LogP contribution in [0.4, 0.5) is 10.5 Å². The Morgan fingerprint density at radius 2 is 2.00 bits per heavy atom. The Hall–Kier alpha value is -2.04. The number of nitrogens with one attached hydrogen (secondary N) is 2. The fraction of sp³-hybridized carbons (Fsp3) is 0.467. The zero-order chi connectivity index (χ0) is 15.0. The molecule has 20 heavy (non-hydrogen) atoms. The molecule has 0 aromatic heterocycles. The van der Waals surface area contributed by atoms with Crippen molar-refractivity contribution in [2.45, 2.75) is 26.7 Å². The van der Waals surface area contributed by atoms with Gasteiger partial charge in [-0.3, -0.25) is 4.79 Å². The Morgan fingerprint density at radius 1 is 1.25 bits per heavy atom. The molecule has 5 heteroatoms. The topological polar surface area (TPSA) is 61.4 Å². The monoisotopic (exact) mass is 277 g/mol. The van der Waals surface area contributed by atoms with E-state index in [-0.39, 0.29) is 11.9 Å². The first-order valence-electron chi connectivity index (χ1n) is 6.98. The van der Waals surface area contributed by atoms with Crippen LogP contribution in [0.3, 0.4) is 0 Å². The number of hydrogen-bond donors (Lipinski definition) is 2. The van der Waals surface area contributed by atoms with Gasteiger partial charge in [-0.25, -0.2) is 4.79 Å². The second-order valence-corrected chi connectivity index (χ2v) is 4.65. The van der Waals surface area contributed by atoms with Crippen molar-refractivity contribution in [3.8, 4) is 0 Å². The highest BCUT2D eigenvalue weighted by Gasteiger charge is 2.10.